The summed E-state index contributed by atoms with van der Waals surface area (Å²) < 4.78 is 10.7. The van der Waals surface area contributed by atoms with Gasteiger partial charge in [-0.05, 0) is 12.1 Å². The summed E-state index contributed by atoms with van der Waals surface area (Å²) in [6, 6.07) is 4.92. The number of aromatic amines is 1. The van der Waals surface area contributed by atoms with Crippen molar-refractivity contribution >= 4 is 30.4 Å². The first-order valence-electron chi connectivity index (χ1n) is 3.82. The molecule has 0 bridgehead atoms. The van der Waals surface area contributed by atoms with Crippen molar-refractivity contribution in [3.63, 3.8) is 0 Å². The largest absolute Gasteiger partial charge is 0.354 e. The fourth-order valence-corrected chi connectivity index (χ4v) is 1.77. The summed E-state index contributed by atoms with van der Waals surface area (Å²) in [5.74, 6) is 0. The molecule has 2 rings (SSSR count). The smallest absolute Gasteiger partial charge is 0.294 e. The van der Waals surface area contributed by atoms with E-state index >= 15 is 0 Å². The van der Waals surface area contributed by atoms with Crippen LogP contribution in [-0.4, -0.2) is 9.91 Å². The van der Waals surface area contributed by atoms with Crippen molar-refractivity contribution in [3.8, 4) is 0 Å². The van der Waals surface area contributed by atoms with Gasteiger partial charge < -0.3 is 4.98 Å². The SMILES string of the molecule is O=Pc1cccc2c([N+](=O)[O-])c[nH]c12. The zero-order valence-corrected chi connectivity index (χ0v) is 7.82. The second-order valence-electron chi connectivity index (χ2n) is 2.72. The van der Waals surface area contributed by atoms with Crippen molar-refractivity contribution in [1.82, 2.24) is 4.98 Å². The Bertz CT molecular complexity index is 520. The second kappa shape index (κ2) is 3.20. The van der Waals surface area contributed by atoms with E-state index in [1.807, 2.05) is 0 Å². The Morgan fingerprint density at radius 1 is 1.43 bits per heavy atom. The van der Waals surface area contributed by atoms with Crippen LogP contribution in [0.1, 0.15) is 0 Å². The second-order valence-corrected chi connectivity index (χ2v) is 3.39. The van der Waals surface area contributed by atoms with Gasteiger partial charge in [0.15, 0.2) is 8.46 Å². The highest BCUT2D eigenvalue weighted by molar-refractivity contribution is 7.34. The number of para-hydroxylation sites is 1. The zero-order chi connectivity index (χ0) is 10.1. The zero-order valence-electron chi connectivity index (χ0n) is 6.93. The molecule has 1 aromatic carbocycles. The van der Waals surface area contributed by atoms with Crippen molar-refractivity contribution in [2.45, 2.75) is 0 Å². The number of hydrogen-bond donors (Lipinski definition) is 1. The molecule has 0 spiro atoms. The number of nitro groups is 1. The summed E-state index contributed by atoms with van der Waals surface area (Å²) in [4.78, 5) is 12.9. The van der Waals surface area contributed by atoms with Gasteiger partial charge >= 0.3 is 0 Å². The Labute approximate surface area is 80.1 Å². The minimum atomic E-state index is -0.468. The van der Waals surface area contributed by atoms with Crippen molar-refractivity contribution in [3.05, 3.63) is 34.5 Å². The monoisotopic (exact) mass is 208 g/mol. The molecule has 0 amide bonds. The van der Waals surface area contributed by atoms with Gasteiger partial charge in [0.05, 0.1) is 27.3 Å². The minimum Gasteiger partial charge on any atom is -0.354 e. The summed E-state index contributed by atoms with van der Waals surface area (Å²) in [6.07, 6.45) is 1.30. The molecule has 0 saturated heterocycles. The van der Waals surface area contributed by atoms with Crippen LogP contribution in [0.3, 0.4) is 0 Å². The highest BCUT2D eigenvalue weighted by Crippen LogP contribution is 2.24. The van der Waals surface area contributed by atoms with Crippen LogP contribution in [0, 0.1) is 10.1 Å². The summed E-state index contributed by atoms with van der Waals surface area (Å²) in [5, 5.41) is 11.6. The van der Waals surface area contributed by atoms with E-state index in [0.717, 1.165) is 0 Å². The summed E-state index contributed by atoms with van der Waals surface area (Å²) in [6.45, 7) is 0. The Morgan fingerprint density at radius 3 is 2.86 bits per heavy atom. The van der Waals surface area contributed by atoms with Gasteiger partial charge in [0.2, 0.25) is 0 Å². The van der Waals surface area contributed by atoms with E-state index in [1.54, 1.807) is 18.2 Å². The maximum Gasteiger partial charge on any atom is 0.294 e. The Kier molecular flexibility index (Phi) is 2.02. The number of hydrogen-bond acceptors (Lipinski definition) is 3. The number of nitrogens with one attached hydrogen (secondary N) is 1. The summed E-state index contributed by atoms with van der Waals surface area (Å²) >= 11 is 0. The van der Waals surface area contributed by atoms with Gasteiger partial charge in [0.1, 0.15) is 0 Å². The van der Waals surface area contributed by atoms with Crippen LogP contribution in [0.15, 0.2) is 24.4 Å². The van der Waals surface area contributed by atoms with Crippen LogP contribution in [-0.2, 0) is 4.57 Å². The molecule has 0 atom stereocenters. The van der Waals surface area contributed by atoms with Gasteiger partial charge in [-0.2, -0.15) is 0 Å². The van der Waals surface area contributed by atoms with Gasteiger partial charge in [0, 0.05) is 0 Å². The van der Waals surface area contributed by atoms with E-state index < -0.39 is 4.92 Å². The van der Waals surface area contributed by atoms with Crippen molar-refractivity contribution in [2.24, 2.45) is 0 Å². The molecule has 0 saturated carbocycles. The predicted octanol–water partition coefficient (Wildman–Crippen LogP) is 1.99. The predicted molar refractivity (Wildman–Crippen MR) is 52.2 cm³/mol. The molecule has 1 heterocycles. The average molecular weight is 208 g/mol. The minimum absolute atomic E-state index is 0.00509. The van der Waals surface area contributed by atoms with Crippen LogP contribution in [0.4, 0.5) is 5.69 Å². The summed E-state index contributed by atoms with van der Waals surface area (Å²) in [7, 11) is -0.147. The van der Waals surface area contributed by atoms with Crippen LogP contribution < -0.4 is 5.30 Å². The quantitative estimate of drug-likeness (QED) is 0.465. The van der Waals surface area contributed by atoms with Crippen molar-refractivity contribution < 1.29 is 9.49 Å². The van der Waals surface area contributed by atoms with Crippen LogP contribution in [0.5, 0.6) is 0 Å². The molecule has 0 fully saturated rings. The third-order valence-corrected chi connectivity index (χ3v) is 2.54. The van der Waals surface area contributed by atoms with E-state index in [0.29, 0.717) is 16.2 Å². The molecule has 0 aliphatic rings. The molecule has 0 aliphatic heterocycles. The van der Waals surface area contributed by atoms with E-state index in [2.05, 4.69) is 4.98 Å². The summed E-state index contributed by atoms with van der Waals surface area (Å²) in [5.41, 5.74) is 0.557. The number of nitrogens with zero attached hydrogens (tertiary/aromatic N) is 1. The lowest BCUT2D eigenvalue weighted by Gasteiger charge is -1.91. The van der Waals surface area contributed by atoms with Gasteiger partial charge in [-0.25, -0.2) is 0 Å². The first kappa shape index (κ1) is 8.84. The Morgan fingerprint density at radius 2 is 2.21 bits per heavy atom. The fourth-order valence-electron chi connectivity index (χ4n) is 1.35. The number of benzene rings is 1. The molecular formula is C8H5N2O3P. The van der Waals surface area contributed by atoms with E-state index in [1.165, 1.54) is 6.20 Å². The number of aromatic nitrogens is 1. The average Bonchev–Trinajstić information content (AvgIpc) is 2.60. The molecule has 70 valence electrons. The maximum absolute atomic E-state index is 10.7. The topological polar surface area (TPSA) is 76.0 Å². The fraction of sp³-hybridized carbons (Fsp3) is 0. The third kappa shape index (κ3) is 1.18. The van der Waals surface area contributed by atoms with E-state index in [9.17, 15) is 14.7 Å². The lowest BCUT2D eigenvalue weighted by atomic mass is 10.2. The highest BCUT2D eigenvalue weighted by atomic mass is 31.1. The van der Waals surface area contributed by atoms with Gasteiger partial charge in [-0.15, -0.1) is 0 Å². The first-order valence-corrected chi connectivity index (χ1v) is 4.63. The van der Waals surface area contributed by atoms with Crippen LogP contribution in [0.2, 0.25) is 0 Å². The number of rotatable bonds is 2. The van der Waals surface area contributed by atoms with Crippen LogP contribution in [0.25, 0.3) is 10.9 Å². The molecule has 0 unspecified atom stereocenters. The number of fused-ring (bicyclic) bond motifs is 1. The highest BCUT2D eigenvalue weighted by Gasteiger charge is 2.15. The molecule has 5 nitrogen and oxygen atoms in total. The molecule has 0 aliphatic carbocycles. The molecule has 2 aromatic rings. The molecule has 1 aromatic heterocycles. The van der Waals surface area contributed by atoms with Crippen molar-refractivity contribution in [2.75, 3.05) is 0 Å². The molecule has 6 heteroatoms. The first-order chi connectivity index (χ1) is 6.74. The van der Waals surface area contributed by atoms with Crippen LogP contribution >= 0.6 is 8.46 Å². The Balaban J connectivity index is 2.82. The van der Waals surface area contributed by atoms with Gasteiger partial charge in [-0.3, -0.25) is 14.7 Å². The Hall–Kier alpha value is -1.74. The van der Waals surface area contributed by atoms with E-state index in [4.69, 9.17) is 0 Å². The normalized spacial score (nSPS) is 10.9. The van der Waals surface area contributed by atoms with E-state index in [-0.39, 0.29) is 14.1 Å². The molecule has 14 heavy (non-hydrogen) atoms. The molecule has 0 radical (unpaired) electrons. The van der Waals surface area contributed by atoms with Gasteiger partial charge in [-0.1, -0.05) is 6.07 Å². The molecular weight excluding hydrogens is 203 g/mol. The standard InChI is InChI=1S/C8H5N2O3P/c11-10(12)6-4-9-8-5(6)2-1-3-7(8)14-13/h1-4,9H. The van der Waals surface area contributed by atoms with Crippen molar-refractivity contribution in [1.29, 1.82) is 0 Å². The number of H-pyrrole nitrogens is 1. The molecule has 1 N–H and O–H groups in total. The lowest BCUT2D eigenvalue weighted by Crippen LogP contribution is -1.92. The maximum atomic E-state index is 10.7. The third-order valence-electron chi connectivity index (χ3n) is 1.97. The lowest BCUT2D eigenvalue weighted by molar-refractivity contribution is -0.383. The van der Waals surface area contributed by atoms with Gasteiger partial charge in [0.25, 0.3) is 5.69 Å².